The molecule has 1 saturated heterocycles. The van der Waals surface area contributed by atoms with Crippen molar-refractivity contribution in [1.29, 1.82) is 0 Å². The first kappa shape index (κ1) is 17.0. The highest BCUT2D eigenvalue weighted by Crippen LogP contribution is 2.21. The molecule has 0 aromatic heterocycles. The lowest BCUT2D eigenvalue weighted by Gasteiger charge is -2.32. The summed E-state index contributed by atoms with van der Waals surface area (Å²) in [4.78, 5) is 14.2. The summed E-state index contributed by atoms with van der Waals surface area (Å²) in [5.74, 6) is 0.333. The number of aliphatic hydroxyl groups excluding tert-OH is 1. The van der Waals surface area contributed by atoms with Crippen molar-refractivity contribution in [1.82, 2.24) is 10.2 Å². The lowest BCUT2D eigenvalue weighted by molar-refractivity contribution is -0.126. The van der Waals surface area contributed by atoms with Crippen molar-refractivity contribution in [3.05, 3.63) is 35.4 Å². The van der Waals surface area contributed by atoms with Crippen LogP contribution in [0.4, 0.5) is 0 Å². The molecule has 22 heavy (non-hydrogen) atoms. The second-order valence-corrected chi connectivity index (χ2v) is 6.29. The molecule has 1 aromatic carbocycles. The minimum absolute atomic E-state index is 0.138. The summed E-state index contributed by atoms with van der Waals surface area (Å²) in [5.41, 5.74) is 2.17. The topological polar surface area (TPSA) is 52.6 Å². The van der Waals surface area contributed by atoms with Crippen LogP contribution in [0.2, 0.25) is 0 Å². The van der Waals surface area contributed by atoms with Gasteiger partial charge in [-0.3, -0.25) is 4.79 Å². The van der Waals surface area contributed by atoms with Crippen LogP contribution in [0.25, 0.3) is 0 Å². The Morgan fingerprint density at radius 1 is 1.32 bits per heavy atom. The summed E-state index contributed by atoms with van der Waals surface area (Å²) in [6.07, 6.45) is 2.30. The third-order valence-electron chi connectivity index (χ3n) is 4.40. The average Bonchev–Trinajstić information content (AvgIpc) is 2.54. The SMILES string of the molecule is CCCNC(=O)C1CCN(CC(O)c2ccc(C)cc2)CC1. The predicted octanol–water partition coefficient (Wildman–Crippen LogP) is 2.27. The number of carbonyl (C=O) groups excluding carboxylic acids is 1. The van der Waals surface area contributed by atoms with Crippen molar-refractivity contribution in [3.8, 4) is 0 Å². The van der Waals surface area contributed by atoms with Gasteiger partial charge in [0.15, 0.2) is 0 Å². The van der Waals surface area contributed by atoms with Crippen molar-refractivity contribution in [2.45, 2.75) is 39.2 Å². The van der Waals surface area contributed by atoms with Crippen molar-refractivity contribution >= 4 is 5.91 Å². The first-order valence-corrected chi connectivity index (χ1v) is 8.35. The average molecular weight is 304 g/mol. The highest BCUT2D eigenvalue weighted by molar-refractivity contribution is 5.78. The summed E-state index contributed by atoms with van der Waals surface area (Å²) in [6, 6.07) is 8.04. The molecule has 0 bridgehead atoms. The Morgan fingerprint density at radius 2 is 1.95 bits per heavy atom. The van der Waals surface area contributed by atoms with Gasteiger partial charge in [-0.1, -0.05) is 36.8 Å². The van der Waals surface area contributed by atoms with Gasteiger partial charge in [-0.25, -0.2) is 0 Å². The van der Waals surface area contributed by atoms with Gasteiger partial charge in [0.05, 0.1) is 6.10 Å². The number of hydrogen-bond acceptors (Lipinski definition) is 3. The van der Waals surface area contributed by atoms with Gasteiger partial charge in [0.1, 0.15) is 0 Å². The summed E-state index contributed by atoms with van der Waals surface area (Å²) in [7, 11) is 0. The van der Waals surface area contributed by atoms with Crippen LogP contribution in [0.5, 0.6) is 0 Å². The fourth-order valence-electron chi connectivity index (χ4n) is 2.91. The van der Waals surface area contributed by atoms with E-state index in [1.165, 1.54) is 5.56 Å². The minimum Gasteiger partial charge on any atom is -0.387 e. The third-order valence-corrected chi connectivity index (χ3v) is 4.40. The van der Waals surface area contributed by atoms with Gasteiger partial charge in [-0.2, -0.15) is 0 Å². The largest absolute Gasteiger partial charge is 0.387 e. The van der Waals surface area contributed by atoms with E-state index in [1.54, 1.807) is 0 Å². The minimum atomic E-state index is -0.453. The van der Waals surface area contributed by atoms with Crippen molar-refractivity contribution in [2.75, 3.05) is 26.2 Å². The molecule has 0 aliphatic carbocycles. The van der Waals surface area contributed by atoms with Gasteiger partial charge < -0.3 is 15.3 Å². The number of likely N-dealkylation sites (tertiary alicyclic amines) is 1. The Labute approximate surface area is 133 Å². The van der Waals surface area contributed by atoms with Crippen LogP contribution in [-0.4, -0.2) is 42.1 Å². The van der Waals surface area contributed by atoms with Crippen LogP contribution in [0.15, 0.2) is 24.3 Å². The van der Waals surface area contributed by atoms with Gasteiger partial charge in [-0.15, -0.1) is 0 Å². The first-order valence-electron chi connectivity index (χ1n) is 8.35. The van der Waals surface area contributed by atoms with Crippen LogP contribution in [-0.2, 0) is 4.79 Å². The maximum absolute atomic E-state index is 12.0. The number of β-amino-alcohol motifs (C(OH)–C–C–N with tert-alkyl or cyclic N) is 1. The molecule has 1 fully saturated rings. The zero-order valence-electron chi connectivity index (χ0n) is 13.7. The van der Waals surface area contributed by atoms with Crippen molar-refractivity contribution < 1.29 is 9.90 Å². The number of piperidine rings is 1. The molecule has 4 heteroatoms. The van der Waals surface area contributed by atoms with Crippen LogP contribution in [0.1, 0.15) is 43.4 Å². The maximum Gasteiger partial charge on any atom is 0.223 e. The van der Waals surface area contributed by atoms with Gasteiger partial charge in [0.25, 0.3) is 0 Å². The molecule has 2 rings (SSSR count). The molecule has 1 aliphatic heterocycles. The zero-order chi connectivity index (χ0) is 15.9. The molecule has 1 aliphatic rings. The van der Waals surface area contributed by atoms with Gasteiger partial charge in [0, 0.05) is 19.0 Å². The Kier molecular flexibility index (Phi) is 6.40. The summed E-state index contributed by atoms with van der Waals surface area (Å²) in [5, 5.41) is 13.3. The van der Waals surface area contributed by atoms with E-state index in [4.69, 9.17) is 0 Å². The summed E-state index contributed by atoms with van der Waals surface area (Å²) in [6.45, 7) is 7.29. The third kappa shape index (κ3) is 4.82. The Bertz CT molecular complexity index is 464. The highest BCUT2D eigenvalue weighted by atomic mass is 16.3. The van der Waals surface area contributed by atoms with E-state index in [9.17, 15) is 9.90 Å². The number of aliphatic hydroxyl groups is 1. The molecule has 0 radical (unpaired) electrons. The molecular formula is C18H28N2O2. The van der Waals surface area contributed by atoms with Crippen LogP contribution in [0, 0.1) is 12.8 Å². The molecule has 0 spiro atoms. The smallest absolute Gasteiger partial charge is 0.223 e. The zero-order valence-corrected chi connectivity index (χ0v) is 13.7. The molecule has 122 valence electrons. The second-order valence-electron chi connectivity index (χ2n) is 6.29. The quantitative estimate of drug-likeness (QED) is 0.847. The van der Waals surface area contributed by atoms with Gasteiger partial charge >= 0.3 is 0 Å². The normalized spacial score (nSPS) is 18.1. The molecule has 1 atom stereocenters. The summed E-state index contributed by atoms with van der Waals surface area (Å²) >= 11 is 0. The fourth-order valence-corrected chi connectivity index (χ4v) is 2.91. The number of nitrogens with zero attached hydrogens (tertiary/aromatic N) is 1. The van der Waals surface area contributed by atoms with E-state index in [2.05, 4.69) is 17.1 Å². The number of aryl methyl sites for hydroxylation is 1. The standard InChI is InChI=1S/C18H28N2O2/c1-3-10-19-18(22)16-8-11-20(12-9-16)13-17(21)15-6-4-14(2)5-7-15/h4-7,16-17,21H,3,8-13H2,1-2H3,(H,19,22). The van der Waals surface area contributed by atoms with Gasteiger partial charge in [-0.05, 0) is 44.8 Å². The summed E-state index contributed by atoms with van der Waals surface area (Å²) < 4.78 is 0. The number of hydrogen-bond donors (Lipinski definition) is 2. The van der Waals surface area contributed by atoms with Crippen LogP contribution in [0.3, 0.4) is 0 Å². The van der Waals surface area contributed by atoms with E-state index < -0.39 is 6.10 Å². The number of carbonyl (C=O) groups is 1. The predicted molar refractivity (Wildman–Crippen MR) is 88.6 cm³/mol. The molecule has 0 saturated carbocycles. The van der Waals surface area contributed by atoms with Crippen molar-refractivity contribution in [3.63, 3.8) is 0 Å². The maximum atomic E-state index is 12.0. The van der Waals surface area contributed by atoms with E-state index >= 15 is 0 Å². The number of benzene rings is 1. The monoisotopic (exact) mass is 304 g/mol. The second kappa shape index (κ2) is 8.30. The Morgan fingerprint density at radius 3 is 2.55 bits per heavy atom. The highest BCUT2D eigenvalue weighted by Gasteiger charge is 2.25. The number of nitrogens with one attached hydrogen (secondary N) is 1. The molecular weight excluding hydrogens is 276 g/mol. The van der Waals surface area contributed by atoms with E-state index in [1.807, 2.05) is 31.2 Å². The molecule has 1 aromatic rings. The van der Waals surface area contributed by atoms with E-state index in [-0.39, 0.29) is 11.8 Å². The van der Waals surface area contributed by atoms with Crippen LogP contribution < -0.4 is 5.32 Å². The van der Waals surface area contributed by atoms with Crippen molar-refractivity contribution in [2.24, 2.45) is 5.92 Å². The lowest BCUT2D eigenvalue weighted by atomic mass is 9.95. The first-order chi connectivity index (χ1) is 10.6. The molecule has 2 N–H and O–H groups in total. The molecule has 4 nitrogen and oxygen atoms in total. The fraction of sp³-hybridized carbons (Fsp3) is 0.611. The van der Waals surface area contributed by atoms with E-state index in [0.717, 1.165) is 44.5 Å². The van der Waals surface area contributed by atoms with Crippen LogP contribution >= 0.6 is 0 Å². The van der Waals surface area contributed by atoms with Gasteiger partial charge in [0.2, 0.25) is 5.91 Å². The number of amides is 1. The molecule has 1 amide bonds. The Balaban J connectivity index is 1.77. The lowest BCUT2D eigenvalue weighted by Crippen LogP contribution is -2.42. The molecule has 1 unspecified atom stereocenters. The van der Waals surface area contributed by atoms with E-state index in [0.29, 0.717) is 6.54 Å². The number of rotatable bonds is 6. The molecule has 1 heterocycles. The Hall–Kier alpha value is -1.39.